The molecule has 0 aromatic heterocycles. The highest BCUT2D eigenvalue weighted by molar-refractivity contribution is 5.95. The van der Waals surface area contributed by atoms with E-state index in [9.17, 15) is 14.7 Å². The summed E-state index contributed by atoms with van der Waals surface area (Å²) in [6, 6.07) is 16.5. The van der Waals surface area contributed by atoms with Gasteiger partial charge >= 0.3 is 0 Å². The van der Waals surface area contributed by atoms with E-state index in [1.807, 2.05) is 48.2 Å². The van der Waals surface area contributed by atoms with Crippen LogP contribution in [0.2, 0.25) is 0 Å². The highest BCUT2D eigenvalue weighted by atomic mass is 16.3. The molecule has 0 spiro atoms. The Morgan fingerprint density at radius 2 is 1.69 bits per heavy atom. The minimum Gasteiger partial charge on any atom is -0.395 e. The van der Waals surface area contributed by atoms with Crippen LogP contribution in [0.4, 0.5) is 0 Å². The van der Waals surface area contributed by atoms with E-state index in [4.69, 9.17) is 0 Å². The van der Waals surface area contributed by atoms with Crippen LogP contribution in [0.15, 0.2) is 48.5 Å². The van der Waals surface area contributed by atoms with Gasteiger partial charge in [-0.1, -0.05) is 36.4 Å². The smallest absolute Gasteiger partial charge is 0.253 e. The molecule has 0 saturated carbocycles. The third kappa shape index (κ3) is 5.42. The summed E-state index contributed by atoms with van der Waals surface area (Å²) in [7, 11) is 7.37. The largest absolute Gasteiger partial charge is 0.395 e. The van der Waals surface area contributed by atoms with Crippen LogP contribution >= 0.6 is 0 Å². The second kappa shape index (κ2) is 10.9. The summed E-state index contributed by atoms with van der Waals surface area (Å²) in [5.74, 6) is 0.343. The first kappa shape index (κ1) is 25.4. The molecule has 7 heteroatoms. The van der Waals surface area contributed by atoms with Gasteiger partial charge in [0, 0.05) is 50.7 Å². The Balaban J connectivity index is 1.55. The summed E-state index contributed by atoms with van der Waals surface area (Å²) in [4.78, 5) is 33.1. The zero-order valence-electron chi connectivity index (χ0n) is 21.4. The third-order valence-electron chi connectivity index (χ3n) is 7.32. The molecule has 188 valence electrons. The molecule has 2 heterocycles. The van der Waals surface area contributed by atoms with Crippen LogP contribution in [0.25, 0.3) is 11.1 Å². The summed E-state index contributed by atoms with van der Waals surface area (Å²) >= 11 is 0. The van der Waals surface area contributed by atoms with Crippen LogP contribution in [0.1, 0.15) is 34.7 Å². The summed E-state index contributed by atoms with van der Waals surface area (Å²) in [6.45, 7) is 3.00. The number of hydrogen-bond donors (Lipinski definition) is 1. The topological polar surface area (TPSA) is 67.3 Å². The molecule has 2 aliphatic heterocycles. The Labute approximate surface area is 208 Å². The van der Waals surface area contributed by atoms with Gasteiger partial charge in [0.15, 0.2) is 0 Å². The molecule has 2 aromatic rings. The quantitative estimate of drug-likeness (QED) is 0.691. The zero-order chi connectivity index (χ0) is 25.1. The number of benzene rings is 2. The van der Waals surface area contributed by atoms with Gasteiger partial charge in [-0.15, -0.1) is 0 Å². The Morgan fingerprint density at radius 1 is 0.971 bits per heavy atom. The first-order chi connectivity index (χ1) is 16.8. The van der Waals surface area contributed by atoms with Crippen molar-refractivity contribution in [3.63, 3.8) is 0 Å². The van der Waals surface area contributed by atoms with Crippen LogP contribution in [-0.2, 0) is 4.79 Å². The fourth-order valence-electron chi connectivity index (χ4n) is 5.53. The summed E-state index contributed by atoms with van der Waals surface area (Å²) in [5, 5.41) is 10.2. The maximum absolute atomic E-state index is 12.9. The molecule has 0 radical (unpaired) electrons. The first-order valence-corrected chi connectivity index (χ1v) is 12.5. The number of nitrogens with zero attached hydrogens (tertiary/aromatic N) is 4. The lowest BCUT2D eigenvalue weighted by molar-refractivity contribution is -0.137. The van der Waals surface area contributed by atoms with Crippen molar-refractivity contribution in [2.45, 2.75) is 30.8 Å². The number of amides is 2. The van der Waals surface area contributed by atoms with Crippen molar-refractivity contribution in [1.82, 2.24) is 19.6 Å². The average Bonchev–Trinajstić information content (AvgIpc) is 2.82. The second-order valence-electron chi connectivity index (χ2n) is 10.3. The van der Waals surface area contributed by atoms with Gasteiger partial charge in [0.25, 0.3) is 5.91 Å². The van der Waals surface area contributed by atoms with Crippen molar-refractivity contribution >= 4 is 11.8 Å². The molecular formula is C28H38N4O3. The predicted octanol–water partition coefficient (Wildman–Crippen LogP) is 2.37. The van der Waals surface area contributed by atoms with Gasteiger partial charge in [0.2, 0.25) is 5.91 Å². The molecule has 2 fully saturated rings. The first-order valence-electron chi connectivity index (χ1n) is 12.5. The lowest BCUT2D eigenvalue weighted by Crippen LogP contribution is -2.68. The maximum atomic E-state index is 12.9. The Kier molecular flexibility index (Phi) is 7.89. The number of aliphatic hydroxyl groups excluding tert-OH is 1. The highest BCUT2D eigenvalue weighted by Crippen LogP contribution is 2.42. The zero-order valence-corrected chi connectivity index (χ0v) is 21.4. The number of carbonyl (C=O) groups excluding carboxylic acids is 2. The third-order valence-corrected chi connectivity index (χ3v) is 7.32. The Morgan fingerprint density at radius 3 is 2.34 bits per heavy atom. The van der Waals surface area contributed by atoms with E-state index in [0.29, 0.717) is 18.7 Å². The maximum Gasteiger partial charge on any atom is 0.253 e. The number of rotatable bonds is 6. The lowest BCUT2D eigenvalue weighted by atomic mass is 9.74. The summed E-state index contributed by atoms with van der Waals surface area (Å²) in [6.07, 6.45) is 2.03. The lowest BCUT2D eigenvalue weighted by Gasteiger charge is -2.57. The normalized spacial score (nSPS) is 22.7. The van der Waals surface area contributed by atoms with Crippen molar-refractivity contribution in [3.05, 3.63) is 59.7 Å². The van der Waals surface area contributed by atoms with E-state index >= 15 is 0 Å². The fourth-order valence-corrected chi connectivity index (χ4v) is 5.53. The van der Waals surface area contributed by atoms with Crippen LogP contribution in [0.3, 0.4) is 0 Å². The van der Waals surface area contributed by atoms with Crippen LogP contribution in [0.5, 0.6) is 0 Å². The SMILES string of the molecule is CN(C)CC(=O)N1CCCCN2[C@@H](CO)[C@@H](c3ccc(-c4cccc(C(=O)N(C)C)c4)cc3)[C@@H]2C1. The fraction of sp³-hybridized carbons (Fsp3) is 0.500. The van der Waals surface area contributed by atoms with E-state index in [0.717, 1.165) is 37.1 Å². The Hall–Kier alpha value is -2.74. The van der Waals surface area contributed by atoms with Gasteiger partial charge in [-0.3, -0.25) is 14.5 Å². The van der Waals surface area contributed by atoms with Crippen molar-refractivity contribution in [3.8, 4) is 11.1 Å². The van der Waals surface area contributed by atoms with E-state index in [2.05, 4.69) is 29.2 Å². The molecule has 3 atom stereocenters. The number of aliphatic hydroxyl groups is 1. The van der Waals surface area contributed by atoms with Crippen LogP contribution in [-0.4, -0.2) is 110 Å². The highest BCUT2D eigenvalue weighted by Gasteiger charge is 2.49. The molecule has 2 aromatic carbocycles. The van der Waals surface area contributed by atoms with Gasteiger partial charge in [0.1, 0.15) is 0 Å². The number of hydrogen-bond acceptors (Lipinski definition) is 5. The number of carbonyl (C=O) groups is 2. The minimum atomic E-state index is -0.0125. The van der Waals surface area contributed by atoms with Crippen molar-refractivity contribution in [1.29, 1.82) is 0 Å². The molecule has 2 amide bonds. The van der Waals surface area contributed by atoms with Gasteiger partial charge < -0.3 is 19.8 Å². The average molecular weight is 479 g/mol. The van der Waals surface area contributed by atoms with Crippen molar-refractivity contribution in [2.24, 2.45) is 0 Å². The minimum absolute atomic E-state index is 0.0125. The predicted molar refractivity (Wildman–Crippen MR) is 138 cm³/mol. The van der Waals surface area contributed by atoms with Gasteiger partial charge in [-0.2, -0.15) is 0 Å². The number of fused-ring (bicyclic) bond motifs is 1. The molecule has 35 heavy (non-hydrogen) atoms. The molecule has 4 rings (SSSR count). The Bertz CT molecular complexity index is 1040. The van der Waals surface area contributed by atoms with Gasteiger partial charge in [-0.25, -0.2) is 0 Å². The molecule has 7 nitrogen and oxygen atoms in total. The van der Waals surface area contributed by atoms with Crippen molar-refractivity contribution in [2.75, 3.05) is 61.0 Å². The molecule has 2 saturated heterocycles. The van der Waals surface area contributed by atoms with E-state index in [1.165, 1.54) is 5.56 Å². The summed E-state index contributed by atoms with van der Waals surface area (Å²) in [5.41, 5.74) is 3.92. The molecule has 0 aliphatic carbocycles. The number of likely N-dealkylation sites (N-methyl/N-ethyl adjacent to an activating group) is 1. The monoisotopic (exact) mass is 478 g/mol. The van der Waals surface area contributed by atoms with Gasteiger partial charge in [0.05, 0.1) is 13.2 Å². The van der Waals surface area contributed by atoms with E-state index in [1.54, 1.807) is 19.0 Å². The molecular weight excluding hydrogens is 440 g/mol. The second-order valence-corrected chi connectivity index (χ2v) is 10.3. The van der Waals surface area contributed by atoms with Crippen LogP contribution < -0.4 is 0 Å². The van der Waals surface area contributed by atoms with E-state index in [-0.39, 0.29) is 36.4 Å². The molecule has 2 aliphatic rings. The van der Waals surface area contributed by atoms with Crippen molar-refractivity contribution < 1.29 is 14.7 Å². The molecule has 0 unspecified atom stereocenters. The summed E-state index contributed by atoms with van der Waals surface area (Å²) < 4.78 is 0. The van der Waals surface area contributed by atoms with Gasteiger partial charge in [-0.05, 0) is 62.3 Å². The standard InChI is InChI=1S/C28H38N4O3/c1-29(2)18-26(34)31-14-5-6-15-32-24(17-31)27(25(32)19-33)21-12-10-20(11-13-21)22-8-7-9-23(16-22)28(35)30(3)4/h7-13,16,24-25,27,33H,5-6,14-15,17-19H2,1-4H3/t24-,25-,27-/m0/s1. The van der Waals surface area contributed by atoms with Crippen LogP contribution in [0, 0.1) is 0 Å². The van der Waals surface area contributed by atoms with E-state index < -0.39 is 0 Å². The molecule has 1 N–H and O–H groups in total. The molecule has 0 bridgehead atoms.